The number of alkyl carbamates (subject to hydrolysis) is 1. The number of ketones is 1. The zero-order valence-electron chi connectivity index (χ0n) is 32.5. The summed E-state index contributed by atoms with van der Waals surface area (Å²) >= 11 is 0. The third kappa shape index (κ3) is 8.27. The van der Waals surface area contributed by atoms with Crippen molar-refractivity contribution in [2.45, 2.75) is 120 Å². The van der Waals surface area contributed by atoms with Crippen molar-refractivity contribution in [3.63, 3.8) is 0 Å². The number of sulfonamides is 1. The van der Waals surface area contributed by atoms with Crippen LogP contribution in [0, 0.1) is 16.7 Å². The number of ether oxygens (including phenoxy) is 3. The zero-order valence-corrected chi connectivity index (χ0v) is 33.3. The number of hydrogen-bond donors (Lipinski definition) is 2. The van der Waals surface area contributed by atoms with Crippen LogP contribution in [0.3, 0.4) is 0 Å². The number of rotatable bonds is 7. The van der Waals surface area contributed by atoms with E-state index in [0.717, 1.165) is 6.08 Å². The van der Waals surface area contributed by atoms with Crippen LogP contribution in [0.15, 0.2) is 49.1 Å². The number of nitrogens with zero attached hydrogens (tertiary/aromatic N) is 3. The van der Waals surface area contributed by atoms with Crippen molar-refractivity contribution >= 4 is 44.7 Å². The maximum atomic E-state index is 16.2. The molecule has 3 amide bonds. The highest BCUT2D eigenvalue weighted by atomic mass is 32.2. The van der Waals surface area contributed by atoms with Crippen molar-refractivity contribution in [1.82, 2.24) is 24.9 Å². The number of halogens is 2. The molecule has 2 N–H and O–H groups in total. The molecule has 1 aromatic carbocycles. The molecule has 14 nitrogen and oxygen atoms in total. The normalized spacial score (nSPS) is 32.4. The number of amides is 3. The summed E-state index contributed by atoms with van der Waals surface area (Å²) in [5.74, 6) is -6.81. The minimum Gasteiger partial charge on any atom is -0.468 e. The first kappa shape index (κ1) is 40.7. The molecule has 0 spiro atoms. The number of carbonyl (C=O) groups excluding carboxylic acids is 4. The number of aromatic nitrogens is 2. The molecule has 57 heavy (non-hydrogen) atoms. The van der Waals surface area contributed by atoms with Gasteiger partial charge in [-0.3, -0.25) is 19.1 Å². The van der Waals surface area contributed by atoms with E-state index in [9.17, 15) is 27.6 Å². The molecule has 7 atom stereocenters. The molecule has 4 fully saturated rings. The minimum absolute atomic E-state index is 0.158. The molecule has 17 heteroatoms. The quantitative estimate of drug-likeness (QED) is 0.364. The number of alkyl halides is 2. The van der Waals surface area contributed by atoms with E-state index >= 15 is 8.78 Å². The number of allylic oxidation sites excluding steroid dienone is 2. The summed E-state index contributed by atoms with van der Waals surface area (Å²) in [6.07, 6.45) is 3.13. The summed E-state index contributed by atoms with van der Waals surface area (Å²) in [5.41, 5.74) is -4.21. The van der Waals surface area contributed by atoms with Crippen molar-refractivity contribution in [3.8, 4) is 5.88 Å². The highest BCUT2D eigenvalue weighted by Gasteiger charge is 2.62. The van der Waals surface area contributed by atoms with Gasteiger partial charge in [0.25, 0.3) is 0 Å². The van der Waals surface area contributed by atoms with Crippen LogP contribution in [0.2, 0.25) is 0 Å². The predicted octanol–water partition coefficient (Wildman–Crippen LogP) is 4.87. The molecule has 2 aromatic rings. The predicted molar refractivity (Wildman–Crippen MR) is 202 cm³/mol. The molecule has 7 rings (SSSR count). The van der Waals surface area contributed by atoms with Crippen molar-refractivity contribution in [2.24, 2.45) is 16.7 Å². The summed E-state index contributed by atoms with van der Waals surface area (Å²) in [5, 5.41) is 2.04. The molecule has 1 aromatic heterocycles. The Morgan fingerprint density at radius 3 is 2.40 bits per heavy atom. The van der Waals surface area contributed by atoms with Gasteiger partial charge in [0.1, 0.15) is 17.7 Å². The summed E-state index contributed by atoms with van der Waals surface area (Å²) < 4.78 is 78.1. The molecule has 3 heterocycles. The van der Waals surface area contributed by atoms with Crippen molar-refractivity contribution in [3.05, 3.63) is 54.8 Å². The van der Waals surface area contributed by atoms with Crippen LogP contribution in [-0.4, -0.2) is 95.3 Å². The summed E-state index contributed by atoms with van der Waals surface area (Å²) in [4.78, 5) is 66.5. The van der Waals surface area contributed by atoms with Gasteiger partial charge in [-0.1, -0.05) is 45.1 Å². The lowest BCUT2D eigenvalue weighted by atomic mass is 9.85. The second-order valence-corrected chi connectivity index (χ2v) is 19.3. The van der Waals surface area contributed by atoms with Crippen molar-refractivity contribution < 1.29 is 50.6 Å². The van der Waals surface area contributed by atoms with Crippen molar-refractivity contribution in [1.29, 1.82) is 0 Å². The molecule has 2 aliphatic heterocycles. The maximum absolute atomic E-state index is 16.2. The van der Waals surface area contributed by atoms with E-state index in [-0.39, 0.29) is 37.0 Å². The Hall–Kier alpha value is -4.51. The van der Waals surface area contributed by atoms with Gasteiger partial charge in [0.15, 0.2) is 11.5 Å². The Balaban J connectivity index is 1.28. The standard InChI is InChI=1S/C40H49F2N5O9S/c1-6-23-19-39(23,35(50)46-57(52,53)24-15-16-24)21-28(48)27-20-38(5)22-47(27)34(49)32(37(2,3)4)45-36(51)55-30-14-9-13-29(30)54-18-10-17-40(41,42)31-33(56-38)44-26-12-8-7-11-25(26)43-31/h6-8,10-12,17,23-24,27,29-30,32H,1,9,13-16,18-22H2,2-5H3,(H,45,51)(H,46,50)/b17-10+/t23-,27+,29-,30-,32-,38-,39-/m1/s1. The summed E-state index contributed by atoms with van der Waals surface area (Å²) in [7, 11) is -3.95. The summed E-state index contributed by atoms with van der Waals surface area (Å²) in [6, 6.07) is 3.92. The Morgan fingerprint density at radius 2 is 1.75 bits per heavy atom. The van der Waals surface area contributed by atoms with Gasteiger partial charge in [-0.2, -0.15) is 8.78 Å². The van der Waals surface area contributed by atoms with Crippen LogP contribution in [0.5, 0.6) is 5.88 Å². The Bertz CT molecular complexity index is 2120. The number of benzene rings is 1. The lowest BCUT2D eigenvalue weighted by molar-refractivity contribution is -0.142. The first-order valence-corrected chi connectivity index (χ1v) is 20.9. The van der Waals surface area contributed by atoms with Crippen molar-refractivity contribution in [2.75, 3.05) is 13.2 Å². The Kier molecular flexibility index (Phi) is 10.5. The van der Waals surface area contributed by atoms with E-state index in [1.165, 1.54) is 11.0 Å². The van der Waals surface area contributed by atoms with Gasteiger partial charge >= 0.3 is 12.0 Å². The average Bonchev–Trinajstić information content (AvgIpc) is 4.04. The summed E-state index contributed by atoms with van der Waals surface area (Å²) in [6.45, 7) is 10.0. The first-order chi connectivity index (χ1) is 26.7. The van der Waals surface area contributed by atoms with E-state index in [1.54, 1.807) is 52.0 Å². The number of para-hydroxylation sites is 2. The fraction of sp³-hybridized carbons (Fsp3) is 0.600. The van der Waals surface area contributed by atoms with Crippen LogP contribution in [0.4, 0.5) is 13.6 Å². The zero-order chi connectivity index (χ0) is 41.1. The molecule has 5 aliphatic rings. The van der Waals surface area contributed by atoms with Crippen LogP contribution in [0.1, 0.15) is 84.8 Å². The van der Waals surface area contributed by atoms with Gasteiger partial charge in [0.2, 0.25) is 27.7 Å². The highest BCUT2D eigenvalue weighted by Crippen LogP contribution is 2.57. The lowest BCUT2D eigenvalue weighted by Crippen LogP contribution is -2.57. The molecule has 2 bridgehead atoms. The number of hydrogen-bond acceptors (Lipinski definition) is 11. The number of nitrogens with one attached hydrogen (secondary N) is 2. The Labute approximate surface area is 330 Å². The van der Waals surface area contributed by atoms with Gasteiger partial charge in [-0.15, -0.1) is 6.58 Å². The highest BCUT2D eigenvalue weighted by molar-refractivity contribution is 7.90. The second-order valence-electron chi connectivity index (χ2n) is 17.3. The molecule has 3 saturated carbocycles. The topological polar surface area (TPSA) is 183 Å². The van der Waals surface area contributed by atoms with E-state index in [2.05, 4.69) is 26.6 Å². The van der Waals surface area contributed by atoms with Crippen LogP contribution in [-0.2, 0) is 39.8 Å². The van der Waals surface area contributed by atoms with Gasteiger partial charge in [0.05, 0.1) is 47.0 Å². The largest absolute Gasteiger partial charge is 0.468 e. The number of carbonyl (C=O) groups is 4. The monoisotopic (exact) mass is 813 g/mol. The molecule has 1 saturated heterocycles. The molecule has 0 unspecified atom stereocenters. The van der Waals surface area contributed by atoms with Crippen LogP contribution >= 0.6 is 0 Å². The SMILES string of the molecule is C=C[C@@H]1C[C@]1(CC(=O)[C@@H]1C[C@]2(C)CN1C(=O)[C@H](C(C)(C)C)NC(=O)O[C@@H]1CCC[C@H]1OC/C=C/C(F)(F)c1nc3ccccc3nc1O2)C(=O)NS(=O)(=O)C1CC1. The second kappa shape index (κ2) is 14.7. The van der Waals surface area contributed by atoms with E-state index in [4.69, 9.17) is 14.2 Å². The van der Waals surface area contributed by atoms with Gasteiger partial charge in [-0.05, 0) is 75.0 Å². The lowest BCUT2D eigenvalue weighted by Gasteiger charge is -2.36. The third-order valence-electron chi connectivity index (χ3n) is 11.7. The molecule has 0 radical (unpaired) electrons. The number of fused-ring (bicyclic) bond motifs is 5. The molecule has 3 aliphatic carbocycles. The average molecular weight is 814 g/mol. The van der Waals surface area contributed by atoms with Crippen LogP contribution < -0.4 is 14.8 Å². The molecular formula is C40H49F2N5O9S. The van der Waals surface area contributed by atoms with E-state index < -0.39 is 110 Å². The molecule has 308 valence electrons. The maximum Gasteiger partial charge on any atom is 0.408 e. The third-order valence-corrected chi connectivity index (χ3v) is 13.5. The van der Waals surface area contributed by atoms with E-state index in [1.807, 2.05) is 0 Å². The van der Waals surface area contributed by atoms with Gasteiger partial charge < -0.3 is 24.4 Å². The fourth-order valence-electron chi connectivity index (χ4n) is 8.24. The van der Waals surface area contributed by atoms with Gasteiger partial charge in [0, 0.05) is 12.8 Å². The fourth-order valence-corrected chi connectivity index (χ4v) is 9.62. The number of Topliss-reactive ketones (excluding diaryl/α,β-unsaturated/α-hetero) is 1. The van der Waals surface area contributed by atoms with Crippen LogP contribution in [0.25, 0.3) is 11.0 Å². The van der Waals surface area contributed by atoms with Gasteiger partial charge in [-0.25, -0.2) is 23.2 Å². The first-order valence-electron chi connectivity index (χ1n) is 19.4. The minimum atomic E-state index is -3.95. The van der Waals surface area contributed by atoms with E-state index in [0.29, 0.717) is 38.2 Å². The Morgan fingerprint density at radius 1 is 1.07 bits per heavy atom. The smallest absolute Gasteiger partial charge is 0.408 e. The molecular weight excluding hydrogens is 765 g/mol.